The first kappa shape index (κ1) is 14.5. The summed E-state index contributed by atoms with van der Waals surface area (Å²) in [5.74, 6) is 0. The minimum Gasteiger partial charge on any atom is -0.378 e. The molecule has 0 aromatic heterocycles. The minimum absolute atomic E-state index is 0.0122. The number of nitrogens with one attached hydrogen (secondary N) is 1. The molecule has 0 aliphatic rings. The smallest absolute Gasteiger partial charge is 0.289 e. The van der Waals surface area contributed by atoms with Gasteiger partial charge in [-0.1, -0.05) is 29.8 Å². The van der Waals surface area contributed by atoms with Crippen LogP contribution in [0, 0.1) is 28.4 Å². The van der Waals surface area contributed by atoms with Crippen LogP contribution in [0.1, 0.15) is 29.7 Å². The van der Waals surface area contributed by atoms with Crippen molar-refractivity contribution in [3.05, 3.63) is 69.3 Å². The molecule has 2 rings (SSSR count). The molecule has 0 saturated heterocycles. The summed E-state index contributed by atoms with van der Waals surface area (Å²) in [6.07, 6.45) is 0. The Morgan fingerprint density at radius 2 is 1.90 bits per heavy atom. The quantitative estimate of drug-likeness (QED) is 0.679. The molecule has 106 valence electrons. The van der Waals surface area contributed by atoms with E-state index in [2.05, 4.69) is 5.32 Å². The second-order valence-electron chi connectivity index (χ2n) is 4.88. The standard InChI is InChI=1S/C16H15N3O2/c1-11-3-5-13(6-4-11)12(2)18-15-8-7-14(10-17)16(9-15)19(20)21/h3-9,12,18H,1-2H3. The second kappa shape index (κ2) is 6.06. The third kappa shape index (κ3) is 3.37. The van der Waals surface area contributed by atoms with Gasteiger partial charge in [0.25, 0.3) is 5.69 Å². The highest BCUT2D eigenvalue weighted by atomic mass is 16.6. The third-order valence-corrected chi connectivity index (χ3v) is 3.28. The molecule has 0 bridgehead atoms. The summed E-state index contributed by atoms with van der Waals surface area (Å²) < 4.78 is 0. The maximum Gasteiger partial charge on any atom is 0.289 e. The third-order valence-electron chi connectivity index (χ3n) is 3.28. The topological polar surface area (TPSA) is 79.0 Å². The molecule has 2 aromatic rings. The number of rotatable bonds is 4. The van der Waals surface area contributed by atoms with Crippen LogP contribution in [0.15, 0.2) is 42.5 Å². The van der Waals surface area contributed by atoms with E-state index in [0.29, 0.717) is 5.69 Å². The Hall–Kier alpha value is -2.87. The Labute approximate surface area is 123 Å². The first-order valence-corrected chi connectivity index (χ1v) is 6.53. The van der Waals surface area contributed by atoms with Crippen molar-refractivity contribution in [1.82, 2.24) is 0 Å². The summed E-state index contributed by atoms with van der Waals surface area (Å²) in [6, 6.07) is 14.5. The Kier molecular flexibility index (Phi) is 4.19. The molecule has 0 saturated carbocycles. The van der Waals surface area contributed by atoms with Gasteiger partial charge < -0.3 is 5.32 Å². The van der Waals surface area contributed by atoms with Crippen LogP contribution in [0.3, 0.4) is 0 Å². The van der Waals surface area contributed by atoms with Crippen LogP contribution in [0.2, 0.25) is 0 Å². The predicted octanol–water partition coefficient (Wildman–Crippen LogP) is 3.95. The predicted molar refractivity (Wildman–Crippen MR) is 81.0 cm³/mol. The van der Waals surface area contributed by atoms with Gasteiger partial charge in [0, 0.05) is 17.8 Å². The van der Waals surface area contributed by atoms with E-state index in [1.807, 2.05) is 44.2 Å². The van der Waals surface area contributed by atoms with E-state index in [1.54, 1.807) is 6.07 Å². The molecule has 0 aliphatic heterocycles. The summed E-state index contributed by atoms with van der Waals surface area (Å²) in [5, 5.41) is 23.0. The van der Waals surface area contributed by atoms with Crippen LogP contribution >= 0.6 is 0 Å². The van der Waals surface area contributed by atoms with Crippen molar-refractivity contribution in [2.75, 3.05) is 5.32 Å². The first-order chi connectivity index (χ1) is 10.0. The zero-order valence-electron chi connectivity index (χ0n) is 11.8. The molecule has 0 radical (unpaired) electrons. The van der Waals surface area contributed by atoms with Gasteiger partial charge in [-0.05, 0) is 31.5 Å². The number of aryl methyl sites for hydroxylation is 1. The van der Waals surface area contributed by atoms with Crippen molar-refractivity contribution in [3.8, 4) is 6.07 Å². The molecule has 1 N–H and O–H groups in total. The fourth-order valence-corrected chi connectivity index (χ4v) is 2.06. The van der Waals surface area contributed by atoms with Gasteiger partial charge in [-0.2, -0.15) is 5.26 Å². The van der Waals surface area contributed by atoms with Gasteiger partial charge in [0.1, 0.15) is 11.6 Å². The lowest BCUT2D eigenvalue weighted by molar-refractivity contribution is -0.385. The summed E-state index contributed by atoms with van der Waals surface area (Å²) in [5.41, 5.74) is 2.77. The van der Waals surface area contributed by atoms with Crippen molar-refractivity contribution in [3.63, 3.8) is 0 Å². The Morgan fingerprint density at radius 1 is 1.24 bits per heavy atom. The Bertz CT molecular complexity index is 702. The van der Waals surface area contributed by atoms with Crippen LogP contribution in [0.4, 0.5) is 11.4 Å². The van der Waals surface area contributed by atoms with Gasteiger partial charge in [-0.3, -0.25) is 10.1 Å². The Morgan fingerprint density at radius 3 is 2.48 bits per heavy atom. The maximum absolute atomic E-state index is 11.0. The normalized spacial score (nSPS) is 11.5. The van der Waals surface area contributed by atoms with Crippen LogP contribution in [0.5, 0.6) is 0 Å². The molecule has 0 amide bonds. The van der Waals surface area contributed by atoms with Crippen LogP contribution in [0.25, 0.3) is 0 Å². The largest absolute Gasteiger partial charge is 0.378 e. The lowest BCUT2D eigenvalue weighted by Gasteiger charge is -2.16. The van der Waals surface area contributed by atoms with Crippen LogP contribution < -0.4 is 5.32 Å². The minimum atomic E-state index is -0.541. The number of nitrogens with zero attached hydrogens (tertiary/aromatic N) is 2. The number of nitro benzene ring substituents is 1. The van der Waals surface area contributed by atoms with Gasteiger partial charge >= 0.3 is 0 Å². The summed E-state index contributed by atoms with van der Waals surface area (Å²) in [7, 11) is 0. The SMILES string of the molecule is Cc1ccc(C(C)Nc2ccc(C#N)c([N+](=O)[O-])c2)cc1. The van der Waals surface area contributed by atoms with E-state index in [9.17, 15) is 10.1 Å². The number of benzene rings is 2. The van der Waals surface area contributed by atoms with Crippen molar-refractivity contribution in [2.45, 2.75) is 19.9 Å². The molecular formula is C16H15N3O2. The summed E-state index contributed by atoms with van der Waals surface area (Å²) in [4.78, 5) is 10.4. The fraction of sp³-hybridized carbons (Fsp3) is 0.188. The number of nitro groups is 1. The molecule has 21 heavy (non-hydrogen) atoms. The van der Waals surface area contributed by atoms with E-state index >= 15 is 0 Å². The number of anilines is 1. The molecule has 5 heteroatoms. The molecule has 0 aliphatic carbocycles. The summed E-state index contributed by atoms with van der Waals surface area (Å²) >= 11 is 0. The zero-order valence-corrected chi connectivity index (χ0v) is 11.8. The highest BCUT2D eigenvalue weighted by Crippen LogP contribution is 2.25. The van der Waals surface area contributed by atoms with Gasteiger partial charge in [0.2, 0.25) is 0 Å². The van der Waals surface area contributed by atoms with Crippen molar-refractivity contribution >= 4 is 11.4 Å². The van der Waals surface area contributed by atoms with E-state index in [1.165, 1.54) is 17.7 Å². The van der Waals surface area contributed by atoms with Gasteiger partial charge in [-0.25, -0.2) is 0 Å². The van der Waals surface area contributed by atoms with Crippen LogP contribution in [-0.2, 0) is 0 Å². The molecular weight excluding hydrogens is 266 g/mol. The zero-order chi connectivity index (χ0) is 15.4. The fourth-order valence-electron chi connectivity index (χ4n) is 2.06. The average molecular weight is 281 g/mol. The highest BCUT2D eigenvalue weighted by molar-refractivity contribution is 5.59. The lowest BCUT2D eigenvalue weighted by atomic mass is 10.1. The van der Waals surface area contributed by atoms with Gasteiger partial charge in [-0.15, -0.1) is 0 Å². The van der Waals surface area contributed by atoms with Crippen molar-refractivity contribution < 1.29 is 4.92 Å². The van der Waals surface area contributed by atoms with Gasteiger partial charge in [0.15, 0.2) is 0 Å². The van der Waals surface area contributed by atoms with Crippen LogP contribution in [-0.4, -0.2) is 4.92 Å². The molecule has 5 nitrogen and oxygen atoms in total. The molecule has 1 unspecified atom stereocenters. The van der Waals surface area contributed by atoms with E-state index in [-0.39, 0.29) is 17.3 Å². The highest BCUT2D eigenvalue weighted by Gasteiger charge is 2.15. The van der Waals surface area contributed by atoms with Gasteiger partial charge in [0.05, 0.1) is 4.92 Å². The number of hydrogen-bond acceptors (Lipinski definition) is 4. The van der Waals surface area contributed by atoms with E-state index < -0.39 is 4.92 Å². The Balaban J connectivity index is 2.23. The van der Waals surface area contributed by atoms with E-state index in [4.69, 9.17) is 5.26 Å². The van der Waals surface area contributed by atoms with E-state index in [0.717, 1.165) is 5.56 Å². The molecule has 0 spiro atoms. The van der Waals surface area contributed by atoms with Crippen molar-refractivity contribution in [2.24, 2.45) is 0 Å². The lowest BCUT2D eigenvalue weighted by Crippen LogP contribution is -2.07. The van der Waals surface area contributed by atoms with Crippen molar-refractivity contribution in [1.29, 1.82) is 5.26 Å². The average Bonchev–Trinajstić information content (AvgIpc) is 2.47. The number of hydrogen-bond donors (Lipinski definition) is 1. The number of nitriles is 1. The monoisotopic (exact) mass is 281 g/mol. The first-order valence-electron chi connectivity index (χ1n) is 6.53. The molecule has 0 heterocycles. The maximum atomic E-state index is 11.0. The summed E-state index contributed by atoms with van der Waals surface area (Å²) in [6.45, 7) is 4.00. The molecule has 2 aromatic carbocycles. The second-order valence-corrected chi connectivity index (χ2v) is 4.88. The molecule has 0 fully saturated rings. The molecule has 1 atom stereocenters.